The highest BCUT2D eigenvalue weighted by atomic mass is 16.7. The van der Waals surface area contributed by atoms with Crippen LogP contribution in [-0.2, 0) is 38.1 Å². The van der Waals surface area contributed by atoms with Crippen molar-refractivity contribution in [2.75, 3.05) is 6.61 Å². The standard InChI is InChI=1S/C29H31NO10/c1-17(31)30-26-28(38-20(4)34)27(37-19(3)33)25(16-36-18(2)32)40-29(26)39-23-13-11-22(12-14-23)24(35)15-10-21-8-6-5-7-9-21/h5-15,25-29H,16H2,1-4H3,(H,30,31)/b15-10+/t25-,26+,27-,28+,29-/m1/s1. The van der Waals surface area contributed by atoms with Gasteiger partial charge in [-0.15, -0.1) is 0 Å². The van der Waals surface area contributed by atoms with E-state index < -0.39 is 54.5 Å². The van der Waals surface area contributed by atoms with Gasteiger partial charge in [-0.2, -0.15) is 0 Å². The monoisotopic (exact) mass is 553 g/mol. The molecule has 2 aromatic rings. The second-order valence-electron chi connectivity index (χ2n) is 8.97. The summed E-state index contributed by atoms with van der Waals surface area (Å²) in [5.74, 6) is -2.48. The molecule has 1 amide bonds. The van der Waals surface area contributed by atoms with Crippen molar-refractivity contribution in [3.63, 3.8) is 0 Å². The van der Waals surface area contributed by atoms with E-state index in [-0.39, 0.29) is 18.1 Å². The molecule has 212 valence electrons. The van der Waals surface area contributed by atoms with Crippen molar-refractivity contribution >= 4 is 35.7 Å². The van der Waals surface area contributed by atoms with Crippen LogP contribution in [0.1, 0.15) is 43.6 Å². The average Bonchev–Trinajstić information content (AvgIpc) is 2.89. The third kappa shape index (κ3) is 8.77. The van der Waals surface area contributed by atoms with Crippen molar-refractivity contribution in [2.24, 2.45) is 0 Å². The van der Waals surface area contributed by atoms with Gasteiger partial charge >= 0.3 is 17.9 Å². The first-order valence-electron chi connectivity index (χ1n) is 12.5. The molecule has 0 radical (unpaired) electrons. The van der Waals surface area contributed by atoms with Crippen molar-refractivity contribution in [3.05, 3.63) is 71.8 Å². The number of carbonyl (C=O) groups is 5. The van der Waals surface area contributed by atoms with Gasteiger partial charge in [-0.05, 0) is 35.9 Å². The van der Waals surface area contributed by atoms with E-state index in [9.17, 15) is 24.0 Å². The van der Waals surface area contributed by atoms with Gasteiger partial charge in [-0.1, -0.05) is 36.4 Å². The number of hydrogen-bond acceptors (Lipinski definition) is 10. The summed E-state index contributed by atoms with van der Waals surface area (Å²) in [6.07, 6.45) is -1.67. The Labute approximate surface area is 231 Å². The predicted molar refractivity (Wildman–Crippen MR) is 141 cm³/mol. The molecule has 0 aromatic heterocycles. The number of esters is 3. The van der Waals surface area contributed by atoms with Gasteiger partial charge in [0.05, 0.1) is 0 Å². The summed E-state index contributed by atoms with van der Waals surface area (Å²) in [7, 11) is 0. The zero-order valence-electron chi connectivity index (χ0n) is 22.5. The van der Waals surface area contributed by atoms with E-state index in [1.54, 1.807) is 18.2 Å². The van der Waals surface area contributed by atoms with Gasteiger partial charge in [0.15, 0.2) is 18.0 Å². The van der Waals surface area contributed by atoms with Crippen LogP contribution in [0.5, 0.6) is 5.75 Å². The Hall–Kier alpha value is -4.51. The quantitative estimate of drug-likeness (QED) is 0.202. The average molecular weight is 554 g/mol. The molecule has 5 atom stereocenters. The summed E-state index contributed by atoms with van der Waals surface area (Å²) in [4.78, 5) is 60.0. The topological polar surface area (TPSA) is 144 Å². The maximum Gasteiger partial charge on any atom is 0.303 e. The smallest absolute Gasteiger partial charge is 0.303 e. The molecule has 1 heterocycles. The number of ketones is 1. The fourth-order valence-electron chi connectivity index (χ4n) is 4.06. The number of benzene rings is 2. The first kappa shape index (κ1) is 30.0. The molecule has 0 bridgehead atoms. The van der Waals surface area contributed by atoms with Crippen molar-refractivity contribution in [3.8, 4) is 5.75 Å². The predicted octanol–water partition coefficient (Wildman–Crippen LogP) is 2.62. The van der Waals surface area contributed by atoms with Gasteiger partial charge < -0.3 is 29.0 Å². The van der Waals surface area contributed by atoms with Crippen molar-refractivity contribution < 1.29 is 47.7 Å². The Balaban J connectivity index is 1.86. The SMILES string of the molecule is CC(=O)N[C@@H]1[C@H](Oc2ccc(C(=O)/C=C/c3ccccc3)cc2)O[C@H](COC(C)=O)[C@@H](OC(C)=O)[C@H]1OC(C)=O. The lowest BCUT2D eigenvalue weighted by Crippen LogP contribution is -2.67. The van der Waals surface area contributed by atoms with Crippen LogP contribution in [0.25, 0.3) is 6.08 Å². The van der Waals surface area contributed by atoms with Gasteiger partial charge in [0, 0.05) is 33.3 Å². The molecule has 1 N–H and O–H groups in total. The van der Waals surface area contributed by atoms with Gasteiger partial charge in [0.25, 0.3) is 0 Å². The number of ether oxygens (including phenoxy) is 5. The molecule has 1 fully saturated rings. The van der Waals surface area contributed by atoms with Crippen LogP contribution in [0, 0.1) is 0 Å². The molecule has 0 spiro atoms. The molecule has 1 aliphatic heterocycles. The van der Waals surface area contributed by atoms with E-state index in [2.05, 4.69) is 5.32 Å². The highest BCUT2D eigenvalue weighted by molar-refractivity contribution is 6.06. The number of carbonyl (C=O) groups excluding carboxylic acids is 5. The zero-order chi connectivity index (χ0) is 29.2. The maximum atomic E-state index is 12.6. The molecule has 0 aliphatic carbocycles. The molecule has 11 nitrogen and oxygen atoms in total. The molecule has 11 heteroatoms. The van der Waals surface area contributed by atoms with Gasteiger partial charge in [0.2, 0.25) is 12.2 Å². The van der Waals surface area contributed by atoms with E-state index in [1.807, 2.05) is 30.3 Å². The molecule has 1 saturated heterocycles. The largest absolute Gasteiger partial charge is 0.463 e. The number of hydrogen-bond donors (Lipinski definition) is 1. The first-order chi connectivity index (χ1) is 19.0. The van der Waals surface area contributed by atoms with Crippen LogP contribution < -0.4 is 10.1 Å². The number of amides is 1. The fraction of sp³-hybridized carbons (Fsp3) is 0.345. The minimum Gasteiger partial charge on any atom is -0.463 e. The molecule has 1 aliphatic rings. The van der Waals surface area contributed by atoms with E-state index in [4.69, 9.17) is 23.7 Å². The van der Waals surface area contributed by atoms with Crippen molar-refractivity contribution in [1.82, 2.24) is 5.32 Å². The minimum atomic E-state index is -1.26. The summed E-state index contributed by atoms with van der Waals surface area (Å²) in [5.41, 5.74) is 1.29. The first-order valence-corrected chi connectivity index (χ1v) is 12.5. The van der Waals surface area contributed by atoms with Crippen LogP contribution in [0.3, 0.4) is 0 Å². The third-order valence-corrected chi connectivity index (χ3v) is 5.69. The van der Waals surface area contributed by atoms with E-state index >= 15 is 0 Å². The Kier molecular flexibility index (Phi) is 10.5. The van der Waals surface area contributed by atoms with E-state index in [0.717, 1.165) is 19.4 Å². The van der Waals surface area contributed by atoms with Crippen molar-refractivity contribution in [2.45, 2.75) is 58.3 Å². The molecule has 3 rings (SSSR count). The maximum absolute atomic E-state index is 12.6. The van der Waals surface area contributed by atoms with Crippen LogP contribution in [0.15, 0.2) is 60.7 Å². The molecular weight excluding hydrogens is 522 g/mol. The Bertz CT molecular complexity index is 1240. The minimum absolute atomic E-state index is 0.221. The molecule has 0 unspecified atom stereocenters. The zero-order valence-corrected chi connectivity index (χ0v) is 22.5. The van der Waals surface area contributed by atoms with Gasteiger partial charge in [0.1, 0.15) is 24.5 Å². The lowest BCUT2D eigenvalue weighted by Gasteiger charge is -2.44. The number of allylic oxidation sites excluding steroid dienone is 1. The normalized spacial score (nSPS) is 22.1. The highest BCUT2D eigenvalue weighted by Gasteiger charge is 2.51. The number of rotatable bonds is 10. The summed E-state index contributed by atoms with van der Waals surface area (Å²) in [5, 5.41) is 2.63. The second kappa shape index (κ2) is 14.0. The van der Waals surface area contributed by atoms with Crippen LogP contribution >= 0.6 is 0 Å². The fourth-order valence-corrected chi connectivity index (χ4v) is 4.06. The number of nitrogens with one attached hydrogen (secondary N) is 1. The summed E-state index contributed by atoms with van der Waals surface area (Å²) in [6.45, 7) is 4.40. The molecule has 0 saturated carbocycles. The molecular formula is C29H31NO10. The second-order valence-corrected chi connectivity index (χ2v) is 8.97. The Morgan fingerprint density at radius 3 is 2.02 bits per heavy atom. The summed E-state index contributed by atoms with van der Waals surface area (Å²) < 4.78 is 27.9. The third-order valence-electron chi connectivity index (χ3n) is 5.69. The van der Waals surface area contributed by atoms with E-state index in [1.165, 1.54) is 32.1 Å². The van der Waals surface area contributed by atoms with Crippen molar-refractivity contribution in [1.29, 1.82) is 0 Å². The van der Waals surface area contributed by atoms with Crippen LogP contribution in [-0.4, -0.2) is 66.8 Å². The Morgan fingerprint density at radius 2 is 1.45 bits per heavy atom. The lowest BCUT2D eigenvalue weighted by atomic mass is 9.96. The highest BCUT2D eigenvalue weighted by Crippen LogP contribution is 2.29. The summed E-state index contributed by atoms with van der Waals surface area (Å²) in [6, 6.07) is 14.5. The lowest BCUT2D eigenvalue weighted by molar-refractivity contribution is -0.257. The molecule has 2 aromatic carbocycles. The van der Waals surface area contributed by atoms with Crippen LogP contribution in [0.2, 0.25) is 0 Å². The van der Waals surface area contributed by atoms with Gasteiger partial charge in [-0.3, -0.25) is 24.0 Å². The molecule has 40 heavy (non-hydrogen) atoms. The van der Waals surface area contributed by atoms with E-state index in [0.29, 0.717) is 5.56 Å². The Morgan fingerprint density at radius 1 is 0.825 bits per heavy atom. The summed E-state index contributed by atoms with van der Waals surface area (Å²) >= 11 is 0. The van der Waals surface area contributed by atoms with Gasteiger partial charge in [-0.25, -0.2) is 0 Å². The van der Waals surface area contributed by atoms with Crippen LogP contribution in [0.4, 0.5) is 0 Å².